The lowest BCUT2D eigenvalue weighted by molar-refractivity contribution is -0.118. The predicted molar refractivity (Wildman–Crippen MR) is 69.4 cm³/mol. The van der Waals surface area contributed by atoms with E-state index in [-0.39, 0.29) is 17.8 Å². The molecule has 0 spiro atoms. The molecule has 5 nitrogen and oxygen atoms in total. The van der Waals surface area contributed by atoms with Gasteiger partial charge in [-0.15, -0.1) is 0 Å². The second-order valence-electron chi connectivity index (χ2n) is 4.31. The topological polar surface area (TPSA) is 61.4 Å². The van der Waals surface area contributed by atoms with Crippen molar-refractivity contribution in [1.82, 2.24) is 10.6 Å². The highest BCUT2D eigenvalue weighted by molar-refractivity contribution is 6.01. The van der Waals surface area contributed by atoms with Gasteiger partial charge in [-0.05, 0) is 37.6 Å². The van der Waals surface area contributed by atoms with Gasteiger partial charge in [0.15, 0.2) is 0 Å². The molecular formula is C13H16FN3O2. The van der Waals surface area contributed by atoms with E-state index in [4.69, 9.17) is 0 Å². The fourth-order valence-electron chi connectivity index (χ4n) is 2.06. The number of anilines is 1. The minimum absolute atomic E-state index is 0.169. The number of nitrogens with zero attached hydrogens (tertiary/aromatic N) is 1. The first kappa shape index (κ1) is 13.3. The Labute approximate surface area is 110 Å². The third-order valence-corrected chi connectivity index (χ3v) is 2.99. The molecular weight excluding hydrogens is 249 g/mol. The van der Waals surface area contributed by atoms with E-state index in [9.17, 15) is 14.0 Å². The summed E-state index contributed by atoms with van der Waals surface area (Å²) in [6, 6.07) is 4.88. The second kappa shape index (κ2) is 5.69. The summed E-state index contributed by atoms with van der Waals surface area (Å²) in [7, 11) is 0. The van der Waals surface area contributed by atoms with Crippen LogP contribution in [-0.4, -0.2) is 31.1 Å². The number of rotatable bonds is 3. The highest BCUT2D eigenvalue weighted by Crippen LogP contribution is 2.21. The van der Waals surface area contributed by atoms with E-state index in [1.807, 2.05) is 0 Å². The number of hydrogen-bond donors (Lipinski definition) is 2. The standard InChI is InChI=1S/C13H16FN3O2/c1-2-15-13(19)16-11-7-8-17(12(11)18)10-5-3-9(14)4-6-10/h3-6,11H,2,7-8H2,1H3,(H2,15,16,19)/t11-/m1/s1. The van der Waals surface area contributed by atoms with Crippen LogP contribution in [0.3, 0.4) is 0 Å². The average Bonchev–Trinajstić information content (AvgIpc) is 2.73. The number of hydrogen-bond acceptors (Lipinski definition) is 2. The Morgan fingerprint density at radius 1 is 1.42 bits per heavy atom. The average molecular weight is 265 g/mol. The van der Waals surface area contributed by atoms with Gasteiger partial charge in [-0.2, -0.15) is 0 Å². The molecule has 0 aliphatic carbocycles. The quantitative estimate of drug-likeness (QED) is 0.864. The van der Waals surface area contributed by atoms with Crippen molar-refractivity contribution in [2.24, 2.45) is 0 Å². The summed E-state index contributed by atoms with van der Waals surface area (Å²) in [5.74, 6) is -0.509. The Morgan fingerprint density at radius 2 is 2.11 bits per heavy atom. The largest absolute Gasteiger partial charge is 0.338 e. The van der Waals surface area contributed by atoms with Gasteiger partial charge >= 0.3 is 6.03 Å². The Bertz CT molecular complexity index is 475. The molecule has 1 heterocycles. The van der Waals surface area contributed by atoms with Gasteiger partial charge in [0.2, 0.25) is 5.91 Å². The summed E-state index contributed by atoms with van der Waals surface area (Å²) in [4.78, 5) is 25.1. The molecule has 1 aromatic rings. The zero-order valence-electron chi connectivity index (χ0n) is 10.6. The first-order valence-electron chi connectivity index (χ1n) is 6.23. The molecule has 102 valence electrons. The Morgan fingerprint density at radius 3 is 2.74 bits per heavy atom. The number of amides is 3. The van der Waals surface area contributed by atoms with Gasteiger partial charge in [0.1, 0.15) is 11.9 Å². The minimum atomic E-state index is -0.517. The number of carbonyl (C=O) groups excluding carboxylic acids is 2. The minimum Gasteiger partial charge on any atom is -0.338 e. The van der Waals surface area contributed by atoms with E-state index in [2.05, 4.69) is 10.6 Å². The molecule has 1 aliphatic heterocycles. The van der Waals surface area contributed by atoms with Crippen molar-refractivity contribution in [2.75, 3.05) is 18.0 Å². The first-order chi connectivity index (χ1) is 9.11. The Balaban J connectivity index is 2.01. The van der Waals surface area contributed by atoms with Gasteiger partial charge in [0.25, 0.3) is 0 Å². The summed E-state index contributed by atoms with van der Waals surface area (Å²) < 4.78 is 12.8. The molecule has 0 unspecified atom stereocenters. The lowest BCUT2D eigenvalue weighted by Crippen LogP contribution is -2.46. The van der Waals surface area contributed by atoms with Crippen molar-refractivity contribution in [3.8, 4) is 0 Å². The monoisotopic (exact) mass is 265 g/mol. The van der Waals surface area contributed by atoms with Gasteiger partial charge in [-0.1, -0.05) is 0 Å². The van der Waals surface area contributed by atoms with E-state index in [0.29, 0.717) is 25.2 Å². The molecule has 0 radical (unpaired) electrons. The van der Waals surface area contributed by atoms with Crippen LogP contribution < -0.4 is 15.5 Å². The van der Waals surface area contributed by atoms with Crippen molar-refractivity contribution in [3.05, 3.63) is 30.1 Å². The molecule has 19 heavy (non-hydrogen) atoms. The normalized spacial score (nSPS) is 18.5. The summed E-state index contributed by atoms with van der Waals surface area (Å²) in [5.41, 5.74) is 0.645. The van der Waals surface area contributed by atoms with Crippen LogP contribution in [-0.2, 0) is 4.79 Å². The maximum Gasteiger partial charge on any atom is 0.315 e. The zero-order chi connectivity index (χ0) is 13.8. The maximum absolute atomic E-state index is 12.8. The van der Waals surface area contributed by atoms with Crippen LogP contribution in [0.1, 0.15) is 13.3 Å². The fourth-order valence-corrected chi connectivity index (χ4v) is 2.06. The highest BCUT2D eigenvalue weighted by Gasteiger charge is 2.33. The molecule has 6 heteroatoms. The van der Waals surface area contributed by atoms with Gasteiger partial charge in [0, 0.05) is 18.8 Å². The second-order valence-corrected chi connectivity index (χ2v) is 4.31. The number of carbonyl (C=O) groups is 2. The molecule has 0 saturated carbocycles. The van der Waals surface area contributed by atoms with Gasteiger partial charge < -0.3 is 15.5 Å². The van der Waals surface area contributed by atoms with Crippen LogP contribution >= 0.6 is 0 Å². The summed E-state index contributed by atoms with van der Waals surface area (Å²) in [6.45, 7) is 2.83. The third kappa shape index (κ3) is 3.01. The highest BCUT2D eigenvalue weighted by atomic mass is 19.1. The van der Waals surface area contributed by atoms with Crippen molar-refractivity contribution in [3.63, 3.8) is 0 Å². The van der Waals surface area contributed by atoms with Crippen LogP contribution in [0.15, 0.2) is 24.3 Å². The summed E-state index contributed by atoms with van der Waals surface area (Å²) in [5, 5.41) is 5.21. The maximum atomic E-state index is 12.8. The van der Waals surface area contributed by atoms with E-state index in [1.54, 1.807) is 24.0 Å². The first-order valence-corrected chi connectivity index (χ1v) is 6.23. The predicted octanol–water partition coefficient (Wildman–Crippen LogP) is 1.25. The Kier molecular flexibility index (Phi) is 3.99. The van der Waals surface area contributed by atoms with Crippen molar-refractivity contribution in [1.29, 1.82) is 0 Å². The van der Waals surface area contributed by atoms with Crippen LogP contribution in [0.25, 0.3) is 0 Å². The molecule has 0 bridgehead atoms. The molecule has 0 aromatic heterocycles. The molecule has 1 atom stereocenters. The molecule has 2 N–H and O–H groups in total. The number of nitrogens with one attached hydrogen (secondary N) is 2. The van der Waals surface area contributed by atoms with E-state index in [1.165, 1.54) is 12.1 Å². The van der Waals surface area contributed by atoms with Gasteiger partial charge in [-0.25, -0.2) is 9.18 Å². The van der Waals surface area contributed by atoms with E-state index >= 15 is 0 Å². The van der Waals surface area contributed by atoms with Crippen molar-refractivity contribution in [2.45, 2.75) is 19.4 Å². The summed E-state index contributed by atoms with van der Waals surface area (Å²) in [6.07, 6.45) is 0.549. The molecule has 3 amide bonds. The molecule has 2 rings (SSSR count). The van der Waals surface area contributed by atoms with Crippen LogP contribution in [0, 0.1) is 5.82 Å². The third-order valence-electron chi connectivity index (χ3n) is 2.99. The lowest BCUT2D eigenvalue weighted by Gasteiger charge is -2.17. The Hall–Kier alpha value is -2.11. The van der Waals surface area contributed by atoms with Crippen molar-refractivity contribution < 1.29 is 14.0 Å². The molecule has 1 aromatic carbocycles. The lowest BCUT2D eigenvalue weighted by atomic mass is 10.2. The van der Waals surface area contributed by atoms with E-state index in [0.717, 1.165) is 0 Å². The SMILES string of the molecule is CCNC(=O)N[C@@H]1CCN(c2ccc(F)cc2)C1=O. The fraction of sp³-hybridized carbons (Fsp3) is 0.385. The number of halogens is 1. The van der Waals surface area contributed by atoms with Crippen molar-refractivity contribution >= 4 is 17.6 Å². The van der Waals surface area contributed by atoms with Gasteiger partial charge in [-0.3, -0.25) is 4.79 Å². The molecule has 1 saturated heterocycles. The van der Waals surface area contributed by atoms with E-state index < -0.39 is 6.04 Å². The molecule has 1 aliphatic rings. The zero-order valence-corrected chi connectivity index (χ0v) is 10.6. The summed E-state index contributed by atoms with van der Waals surface area (Å²) >= 11 is 0. The number of benzene rings is 1. The van der Waals surface area contributed by atoms with Crippen LogP contribution in [0.2, 0.25) is 0 Å². The molecule has 1 fully saturated rings. The van der Waals surface area contributed by atoms with Crippen LogP contribution in [0.4, 0.5) is 14.9 Å². The van der Waals surface area contributed by atoms with Gasteiger partial charge in [0.05, 0.1) is 0 Å². The van der Waals surface area contributed by atoms with Crippen LogP contribution in [0.5, 0.6) is 0 Å². The smallest absolute Gasteiger partial charge is 0.315 e. The number of urea groups is 1.